The van der Waals surface area contributed by atoms with Crippen molar-refractivity contribution < 1.29 is 14.3 Å². The van der Waals surface area contributed by atoms with Crippen LogP contribution in [0.25, 0.3) is 11.0 Å². The molecule has 7 heteroatoms. The van der Waals surface area contributed by atoms with Gasteiger partial charge in [-0.2, -0.15) is 5.10 Å². The van der Waals surface area contributed by atoms with Gasteiger partial charge in [-0.1, -0.05) is 12.8 Å². The maximum atomic E-state index is 14.2. The Hall–Kier alpha value is -2.44. The fourth-order valence-electron chi connectivity index (χ4n) is 5.77. The largest absolute Gasteiger partial charge is 0.467 e. The minimum Gasteiger partial charge on any atom is -0.467 e. The minimum atomic E-state index is -0.508. The molecule has 0 radical (unpaired) electrons. The number of hydrogen-bond acceptors (Lipinski definition) is 5. The molecule has 5 rings (SSSR count). The maximum absolute atomic E-state index is 14.2. The number of hydrogen-bond donors (Lipinski definition) is 0. The maximum Gasteiger partial charge on any atom is 0.328 e. The molecule has 172 valence electrons. The summed E-state index contributed by atoms with van der Waals surface area (Å²) in [5.74, 6) is 0.408. The Balaban J connectivity index is 1.66. The van der Waals surface area contributed by atoms with Crippen molar-refractivity contribution in [2.24, 2.45) is 5.92 Å². The molecule has 2 saturated carbocycles. The number of carbonyl (C=O) groups excluding carboxylic acids is 2. The Morgan fingerprint density at radius 2 is 1.84 bits per heavy atom. The predicted octanol–water partition coefficient (Wildman–Crippen LogP) is 4.32. The number of likely N-dealkylation sites (tertiary alicyclic amines) is 1. The number of aromatic nitrogens is 3. The zero-order valence-corrected chi connectivity index (χ0v) is 19.9. The summed E-state index contributed by atoms with van der Waals surface area (Å²) in [7, 11) is 1.42. The first-order valence-electron chi connectivity index (χ1n) is 12.0. The number of nitrogens with zero attached hydrogens (tertiary/aromatic N) is 4. The summed E-state index contributed by atoms with van der Waals surface area (Å²) in [5, 5.41) is 5.61. The minimum absolute atomic E-state index is 0.0688. The van der Waals surface area contributed by atoms with Gasteiger partial charge < -0.3 is 9.64 Å². The van der Waals surface area contributed by atoms with E-state index in [-0.39, 0.29) is 23.5 Å². The summed E-state index contributed by atoms with van der Waals surface area (Å²) in [5.41, 5.74) is 2.95. The number of rotatable bonds is 3. The van der Waals surface area contributed by atoms with Gasteiger partial charge in [0.2, 0.25) is 0 Å². The summed E-state index contributed by atoms with van der Waals surface area (Å²) in [4.78, 5) is 33.8. The number of pyridine rings is 1. The quantitative estimate of drug-likeness (QED) is 0.667. The van der Waals surface area contributed by atoms with Crippen LogP contribution < -0.4 is 0 Å². The second-order valence-corrected chi connectivity index (χ2v) is 10.8. The Kier molecular flexibility index (Phi) is 5.06. The molecule has 2 aliphatic carbocycles. The zero-order valence-electron chi connectivity index (χ0n) is 19.9. The topological polar surface area (TPSA) is 77.3 Å². The van der Waals surface area contributed by atoms with E-state index in [0.717, 1.165) is 54.5 Å². The van der Waals surface area contributed by atoms with Crippen LogP contribution in [0.15, 0.2) is 6.07 Å². The van der Waals surface area contributed by atoms with Crippen molar-refractivity contribution in [1.29, 1.82) is 0 Å². The molecule has 0 bridgehead atoms. The normalized spacial score (nSPS) is 25.8. The van der Waals surface area contributed by atoms with Gasteiger partial charge in [-0.3, -0.25) is 4.79 Å². The summed E-state index contributed by atoms with van der Waals surface area (Å²) in [6.45, 7) is 8.26. The first-order chi connectivity index (χ1) is 15.2. The van der Waals surface area contributed by atoms with E-state index in [9.17, 15) is 9.59 Å². The Morgan fingerprint density at radius 1 is 1.12 bits per heavy atom. The molecule has 1 amide bonds. The Morgan fingerprint density at radius 3 is 2.50 bits per heavy atom. The molecule has 1 saturated heterocycles. The molecule has 0 N–H and O–H groups in total. The van der Waals surface area contributed by atoms with Crippen molar-refractivity contribution in [3.8, 4) is 0 Å². The summed E-state index contributed by atoms with van der Waals surface area (Å²) < 4.78 is 7.08. The van der Waals surface area contributed by atoms with Crippen LogP contribution in [0.3, 0.4) is 0 Å². The van der Waals surface area contributed by atoms with Gasteiger partial charge in [-0.05, 0) is 71.8 Å². The average Bonchev–Trinajstić information content (AvgIpc) is 3.46. The molecule has 3 fully saturated rings. The van der Waals surface area contributed by atoms with Crippen LogP contribution in [-0.2, 0) is 15.1 Å². The van der Waals surface area contributed by atoms with Gasteiger partial charge >= 0.3 is 5.97 Å². The van der Waals surface area contributed by atoms with Crippen molar-refractivity contribution in [2.75, 3.05) is 7.11 Å². The van der Waals surface area contributed by atoms with Crippen molar-refractivity contribution in [3.05, 3.63) is 23.0 Å². The van der Waals surface area contributed by atoms with Crippen molar-refractivity contribution in [2.45, 2.75) is 96.2 Å². The van der Waals surface area contributed by atoms with E-state index >= 15 is 0 Å². The van der Waals surface area contributed by atoms with E-state index in [4.69, 9.17) is 14.8 Å². The van der Waals surface area contributed by atoms with Crippen LogP contribution >= 0.6 is 0 Å². The number of ether oxygens (including phenoxy) is 1. The van der Waals surface area contributed by atoms with Gasteiger partial charge in [0, 0.05) is 17.7 Å². The fraction of sp³-hybridized carbons (Fsp3) is 0.680. The second kappa shape index (κ2) is 7.56. The van der Waals surface area contributed by atoms with E-state index in [2.05, 4.69) is 20.8 Å². The first kappa shape index (κ1) is 21.4. The van der Waals surface area contributed by atoms with E-state index in [1.54, 1.807) is 0 Å². The van der Waals surface area contributed by atoms with Crippen LogP contribution in [0.5, 0.6) is 0 Å². The molecular formula is C25H34N4O3. The number of amides is 1. The highest BCUT2D eigenvalue weighted by Gasteiger charge is 2.48. The molecule has 32 heavy (non-hydrogen) atoms. The number of aryl methyl sites for hydroxylation is 1. The van der Waals surface area contributed by atoms with Gasteiger partial charge in [0.05, 0.1) is 29.3 Å². The molecule has 3 atom stereocenters. The van der Waals surface area contributed by atoms with Gasteiger partial charge in [0.25, 0.3) is 5.91 Å². The molecule has 3 unspecified atom stereocenters. The van der Waals surface area contributed by atoms with E-state index in [1.165, 1.54) is 13.5 Å². The highest BCUT2D eigenvalue weighted by molar-refractivity contribution is 6.08. The van der Waals surface area contributed by atoms with Gasteiger partial charge in [-0.15, -0.1) is 0 Å². The van der Waals surface area contributed by atoms with Crippen molar-refractivity contribution in [3.63, 3.8) is 0 Å². The third-order valence-corrected chi connectivity index (χ3v) is 7.49. The molecule has 0 aromatic carbocycles. The highest BCUT2D eigenvalue weighted by Crippen LogP contribution is 2.44. The van der Waals surface area contributed by atoms with Crippen molar-refractivity contribution in [1.82, 2.24) is 19.7 Å². The number of carbonyl (C=O) groups is 2. The van der Waals surface area contributed by atoms with Gasteiger partial charge in [-0.25, -0.2) is 14.5 Å². The van der Waals surface area contributed by atoms with Crippen LogP contribution in [-0.4, -0.2) is 50.7 Å². The van der Waals surface area contributed by atoms with Crippen LogP contribution in [0.4, 0.5) is 0 Å². The van der Waals surface area contributed by atoms with E-state index in [1.807, 2.05) is 22.6 Å². The molecule has 0 spiro atoms. The van der Waals surface area contributed by atoms with E-state index in [0.29, 0.717) is 23.8 Å². The molecule has 3 aliphatic rings. The lowest BCUT2D eigenvalue weighted by atomic mass is 9.84. The zero-order chi connectivity index (χ0) is 22.8. The van der Waals surface area contributed by atoms with Crippen LogP contribution in [0.2, 0.25) is 0 Å². The fourth-order valence-corrected chi connectivity index (χ4v) is 5.77. The van der Waals surface area contributed by atoms with Crippen molar-refractivity contribution >= 4 is 22.9 Å². The predicted molar refractivity (Wildman–Crippen MR) is 122 cm³/mol. The highest BCUT2D eigenvalue weighted by atomic mass is 16.5. The SMILES string of the molecule is COC(=O)C1CC2CCCCC2N1C(=O)c1cc(C2CC2)nc2c1c(C)nn2C(C)(C)C. The molecule has 7 nitrogen and oxygen atoms in total. The lowest BCUT2D eigenvalue weighted by Gasteiger charge is -2.33. The Bertz CT molecular complexity index is 1080. The molecular weight excluding hydrogens is 404 g/mol. The van der Waals surface area contributed by atoms with Crippen LogP contribution in [0, 0.1) is 12.8 Å². The third kappa shape index (κ3) is 3.41. The average molecular weight is 439 g/mol. The second-order valence-electron chi connectivity index (χ2n) is 10.8. The number of fused-ring (bicyclic) bond motifs is 2. The Labute approximate surface area is 189 Å². The monoisotopic (exact) mass is 438 g/mol. The molecule has 2 aromatic heterocycles. The lowest BCUT2D eigenvalue weighted by molar-refractivity contribution is -0.145. The first-order valence-corrected chi connectivity index (χ1v) is 12.0. The van der Waals surface area contributed by atoms with E-state index < -0.39 is 6.04 Å². The number of esters is 1. The smallest absolute Gasteiger partial charge is 0.328 e. The summed E-state index contributed by atoms with van der Waals surface area (Å²) >= 11 is 0. The third-order valence-electron chi connectivity index (χ3n) is 7.49. The van der Waals surface area contributed by atoms with Gasteiger partial charge in [0.15, 0.2) is 5.65 Å². The van der Waals surface area contributed by atoms with Crippen LogP contribution in [0.1, 0.15) is 93.4 Å². The number of methoxy groups -OCH3 is 1. The van der Waals surface area contributed by atoms with Gasteiger partial charge in [0.1, 0.15) is 6.04 Å². The summed E-state index contributed by atoms with van der Waals surface area (Å²) in [6.07, 6.45) is 7.20. The molecule has 2 aromatic rings. The lowest BCUT2D eigenvalue weighted by Crippen LogP contribution is -2.46. The molecule has 3 heterocycles. The molecule has 1 aliphatic heterocycles. The summed E-state index contributed by atoms with van der Waals surface area (Å²) in [6, 6.07) is 1.58. The standard InChI is InChI=1S/C25H34N4O3/c1-14-21-17(13-18(15-10-11-15)26-22(21)29(27-14)25(2,3)4)23(30)28-19-9-7-6-8-16(19)12-20(28)24(31)32-5/h13,15-16,19-20H,6-12H2,1-5H3.